The summed E-state index contributed by atoms with van der Waals surface area (Å²) in [5, 5.41) is 12.9. The summed E-state index contributed by atoms with van der Waals surface area (Å²) in [6.07, 6.45) is 4.08. The first kappa shape index (κ1) is 14.3. The molecular weight excluding hydrogens is 245 g/mol. The number of halogens is 1. The predicted octanol–water partition coefficient (Wildman–Crippen LogP) is 2.49. The molecule has 0 aliphatic heterocycles. The third-order valence-corrected chi connectivity index (χ3v) is 3.42. The van der Waals surface area contributed by atoms with E-state index >= 15 is 0 Å². The Morgan fingerprint density at radius 1 is 1.47 bits per heavy atom. The molecule has 4 heteroatoms. The van der Waals surface area contributed by atoms with Gasteiger partial charge in [-0.25, -0.2) is 4.39 Å². The zero-order valence-electron chi connectivity index (χ0n) is 11.4. The van der Waals surface area contributed by atoms with Crippen molar-refractivity contribution in [2.45, 2.75) is 44.2 Å². The highest BCUT2D eigenvalue weighted by atomic mass is 19.1. The molecule has 1 atom stereocenters. The second kappa shape index (κ2) is 6.35. The van der Waals surface area contributed by atoms with E-state index in [4.69, 9.17) is 4.74 Å². The molecule has 1 unspecified atom stereocenters. The molecule has 0 spiro atoms. The first-order chi connectivity index (χ1) is 9.11. The van der Waals surface area contributed by atoms with Crippen molar-refractivity contribution in [3.05, 3.63) is 30.1 Å². The van der Waals surface area contributed by atoms with E-state index in [1.54, 1.807) is 12.1 Å². The summed E-state index contributed by atoms with van der Waals surface area (Å²) < 4.78 is 18.4. The predicted molar refractivity (Wildman–Crippen MR) is 72.8 cm³/mol. The lowest BCUT2D eigenvalue weighted by Gasteiger charge is -2.29. The van der Waals surface area contributed by atoms with Gasteiger partial charge in [0.2, 0.25) is 0 Å². The minimum Gasteiger partial charge on any atom is -0.493 e. The van der Waals surface area contributed by atoms with Gasteiger partial charge in [-0.3, -0.25) is 0 Å². The van der Waals surface area contributed by atoms with E-state index in [1.165, 1.54) is 25.0 Å². The van der Waals surface area contributed by atoms with Crippen molar-refractivity contribution in [1.82, 2.24) is 5.32 Å². The number of benzene rings is 1. The Bertz CT molecular complexity index is 409. The fourth-order valence-electron chi connectivity index (χ4n) is 2.13. The van der Waals surface area contributed by atoms with Crippen LogP contribution in [0.2, 0.25) is 0 Å². The summed E-state index contributed by atoms with van der Waals surface area (Å²) >= 11 is 0. The summed E-state index contributed by atoms with van der Waals surface area (Å²) in [5.74, 6) is 0.272. The van der Waals surface area contributed by atoms with Gasteiger partial charge < -0.3 is 15.2 Å². The number of aliphatic hydroxyl groups is 1. The standard InChI is InChI=1S/C15H22FNO2/c1-15(11-18,17-13-6-7-13)8-3-9-19-14-5-2-4-12(16)10-14/h2,4-5,10,13,17-18H,3,6-9,11H2,1H3. The Balaban J connectivity index is 1.70. The van der Waals surface area contributed by atoms with Crippen molar-refractivity contribution in [2.24, 2.45) is 0 Å². The summed E-state index contributed by atoms with van der Waals surface area (Å²) in [5.41, 5.74) is -0.230. The van der Waals surface area contributed by atoms with Crippen LogP contribution in [-0.4, -0.2) is 29.9 Å². The SMILES string of the molecule is CC(CO)(CCCOc1cccc(F)c1)NC1CC1. The monoisotopic (exact) mass is 267 g/mol. The molecule has 2 N–H and O–H groups in total. The molecule has 19 heavy (non-hydrogen) atoms. The zero-order chi connectivity index (χ0) is 13.7. The molecule has 0 amide bonds. The van der Waals surface area contributed by atoms with Gasteiger partial charge in [-0.1, -0.05) is 6.07 Å². The number of hydrogen-bond donors (Lipinski definition) is 2. The molecule has 2 rings (SSSR count). The van der Waals surface area contributed by atoms with Crippen LogP contribution < -0.4 is 10.1 Å². The number of nitrogens with one attached hydrogen (secondary N) is 1. The molecule has 0 bridgehead atoms. The topological polar surface area (TPSA) is 41.5 Å². The number of rotatable bonds is 8. The third-order valence-electron chi connectivity index (χ3n) is 3.42. The van der Waals surface area contributed by atoms with Crippen LogP contribution in [0.3, 0.4) is 0 Å². The lowest BCUT2D eigenvalue weighted by molar-refractivity contribution is 0.154. The van der Waals surface area contributed by atoms with Crippen LogP contribution in [-0.2, 0) is 0 Å². The maximum Gasteiger partial charge on any atom is 0.126 e. The molecule has 0 aromatic heterocycles. The van der Waals surface area contributed by atoms with Crippen molar-refractivity contribution >= 4 is 0 Å². The minimum absolute atomic E-state index is 0.128. The molecule has 0 heterocycles. The van der Waals surface area contributed by atoms with Gasteiger partial charge >= 0.3 is 0 Å². The van der Waals surface area contributed by atoms with Crippen molar-refractivity contribution in [1.29, 1.82) is 0 Å². The normalized spacial score (nSPS) is 18.1. The van der Waals surface area contributed by atoms with Crippen LogP contribution >= 0.6 is 0 Å². The molecule has 1 saturated carbocycles. The van der Waals surface area contributed by atoms with Crippen LogP contribution in [0.15, 0.2) is 24.3 Å². The average Bonchev–Trinajstić information content (AvgIpc) is 3.19. The molecule has 1 aliphatic rings. The highest BCUT2D eigenvalue weighted by molar-refractivity contribution is 5.22. The minimum atomic E-state index is -0.284. The van der Waals surface area contributed by atoms with Gasteiger partial charge in [0, 0.05) is 17.6 Å². The van der Waals surface area contributed by atoms with Crippen LogP contribution in [0.1, 0.15) is 32.6 Å². The highest BCUT2D eigenvalue weighted by Gasteiger charge is 2.31. The van der Waals surface area contributed by atoms with Crippen LogP contribution in [0, 0.1) is 5.82 Å². The average molecular weight is 267 g/mol. The number of hydrogen-bond acceptors (Lipinski definition) is 3. The molecule has 0 radical (unpaired) electrons. The van der Waals surface area contributed by atoms with Gasteiger partial charge in [0.15, 0.2) is 0 Å². The van der Waals surface area contributed by atoms with Crippen molar-refractivity contribution in [3.63, 3.8) is 0 Å². The maximum atomic E-state index is 12.9. The first-order valence-corrected chi connectivity index (χ1v) is 6.88. The van der Waals surface area contributed by atoms with Crippen LogP contribution in [0.25, 0.3) is 0 Å². The van der Waals surface area contributed by atoms with E-state index in [0.29, 0.717) is 18.4 Å². The Morgan fingerprint density at radius 3 is 2.89 bits per heavy atom. The van der Waals surface area contributed by atoms with E-state index in [-0.39, 0.29) is 18.0 Å². The van der Waals surface area contributed by atoms with Crippen molar-refractivity contribution < 1.29 is 14.2 Å². The second-order valence-electron chi connectivity index (χ2n) is 5.55. The van der Waals surface area contributed by atoms with Gasteiger partial charge in [-0.05, 0) is 44.7 Å². The van der Waals surface area contributed by atoms with Crippen molar-refractivity contribution in [2.75, 3.05) is 13.2 Å². The van der Waals surface area contributed by atoms with Crippen LogP contribution in [0.4, 0.5) is 4.39 Å². The molecule has 1 aromatic carbocycles. The number of aliphatic hydroxyl groups excluding tert-OH is 1. The van der Waals surface area contributed by atoms with E-state index in [0.717, 1.165) is 12.8 Å². The van der Waals surface area contributed by atoms with E-state index in [2.05, 4.69) is 5.32 Å². The Kier molecular flexibility index (Phi) is 4.77. The molecule has 1 fully saturated rings. The maximum absolute atomic E-state index is 12.9. The van der Waals surface area contributed by atoms with E-state index in [1.807, 2.05) is 6.92 Å². The zero-order valence-corrected chi connectivity index (χ0v) is 11.4. The smallest absolute Gasteiger partial charge is 0.126 e. The Hall–Kier alpha value is -1.13. The lowest BCUT2D eigenvalue weighted by Crippen LogP contribution is -2.47. The summed E-state index contributed by atoms with van der Waals surface area (Å²) in [6, 6.07) is 6.73. The Morgan fingerprint density at radius 2 is 2.26 bits per heavy atom. The first-order valence-electron chi connectivity index (χ1n) is 6.88. The molecular formula is C15H22FNO2. The molecule has 106 valence electrons. The molecule has 3 nitrogen and oxygen atoms in total. The van der Waals surface area contributed by atoms with Gasteiger partial charge in [-0.15, -0.1) is 0 Å². The largest absolute Gasteiger partial charge is 0.493 e. The number of ether oxygens (including phenoxy) is 1. The third kappa shape index (κ3) is 4.80. The summed E-state index contributed by atoms with van der Waals surface area (Å²) in [4.78, 5) is 0. The molecule has 0 saturated heterocycles. The summed E-state index contributed by atoms with van der Waals surface area (Å²) in [6.45, 7) is 2.70. The van der Waals surface area contributed by atoms with Gasteiger partial charge in [0.25, 0.3) is 0 Å². The van der Waals surface area contributed by atoms with Gasteiger partial charge in [0.05, 0.1) is 13.2 Å². The van der Waals surface area contributed by atoms with Gasteiger partial charge in [0.1, 0.15) is 11.6 Å². The second-order valence-corrected chi connectivity index (χ2v) is 5.55. The Labute approximate surface area is 113 Å². The quantitative estimate of drug-likeness (QED) is 0.711. The fraction of sp³-hybridized carbons (Fsp3) is 0.600. The van der Waals surface area contributed by atoms with E-state index in [9.17, 15) is 9.50 Å². The van der Waals surface area contributed by atoms with Gasteiger partial charge in [-0.2, -0.15) is 0 Å². The fourth-order valence-corrected chi connectivity index (χ4v) is 2.13. The molecule has 1 aromatic rings. The summed E-state index contributed by atoms with van der Waals surface area (Å²) in [7, 11) is 0. The molecule has 1 aliphatic carbocycles. The van der Waals surface area contributed by atoms with Crippen LogP contribution in [0.5, 0.6) is 5.75 Å². The highest BCUT2D eigenvalue weighted by Crippen LogP contribution is 2.24. The van der Waals surface area contributed by atoms with Crippen molar-refractivity contribution in [3.8, 4) is 5.75 Å². The lowest BCUT2D eigenvalue weighted by atomic mass is 9.97. The van der Waals surface area contributed by atoms with E-state index < -0.39 is 0 Å².